The number of nitrogens with zero attached hydrogens (tertiary/aromatic N) is 1. The maximum absolute atomic E-state index is 11.4. The van der Waals surface area contributed by atoms with Crippen molar-refractivity contribution in [2.75, 3.05) is 7.11 Å². The van der Waals surface area contributed by atoms with Crippen LogP contribution in [-0.2, 0) is 9.53 Å². The Balaban J connectivity index is 2.80. The molecule has 0 N–H and O–H groups in total. The maximum Gasteiger partial charge on any atom is 0.313 e. The van der Waals surface area contributed by atoms with Gasteiger partial charge in [0.05, 0.1) is 7.11 Å². The number of carbonyl (C=O) groups excluding carboxylic acids is 2. The van der Waals surface area contributed by atoms with Crippen molar-refractivity contribution >= 4 is 27.7 Å². The van der Waals surface area contributed by atoms with E-state index in [1.165, 1.54) is 13.3 Å². The molecule has 5 heteroatoms. The molecule has 74 valence electrons. The lowest BCUT2D eigenvalue weighted by Gasteiger charge is -2.00. The zero-order chi connectivity index (χ0) is 10.6. The van der Waals surface area contributed by atoms with E-state index in [4.69, 9.17) is 0 Å². The first-order valence-electron chi connectivity index (χ1n) is 3.85. The highest BCUT2D eigenvalue weighted by Crippen LogP contribution is 2.14. The summed E-state index contributed by atoms with van der Waals surface area (Å²) in [5, 5.41) is 0. The maximum atomic E-state index is 11.4. The fourth-order valence-corrected chi connectivity index (χ4v) is 1.35. The summed E-state index contributed by atoms with van der Waals surface area (Å²) in [5.41, 5.74) is 0.248. The number of methoxy groups -OCH3 is 1. The number of halogens is 1. The van der Waals surface area contributed by atoms with Crippen LogP contribution >= 0.6 is 15.9 Å². The number of carbonyl (C=O) groups is 2. The summed E-state index contributed by atoms with van der Waals surface area (Å²) in [6.45, 7) is 0. The molecule has 14 heavy (non-hydrogen) atoms. The van der Waals surface area contributed by atoms with Crippen molar-refractivity contribution in [2.45, 2.75) is 6.42 Å². The molecular weight excluding hydrogens is 250 g/mol. The predicted molar refractivity (Wildman–Crippen MR) is 52.9 cm³/mol. The number of esters is 1. The van der Waals surface area contributed by atoms with Crippen molar-refractivity contribution in [1.82, 2.24) is 4.98 Å². The summed E-state index contributed by atoms with van der Waals surface area (Å²) < 4.78 is 4.96. The monoisotopic (exact) mass is 257 g/mol. The molecule has 1 aromatic heterocycles. The number of aromatic nitrogens is 1. The zero-order valence-electron chi connectivity index (χ0n) is 7.49. The van der Waals surface area contributed by atoms with Crippen molar-refractivity contribution in [3.05, 3.63) is 28.5 Å². The second-order valence-electron chi connectivity index (χ2n) is 2.51. The van der Waals surface area contributed by atoms with Crippen LogP contribution in [0.4, 0.5) is 0 Å². The molecule has 0 atom stereocenters. The number of hydrogen-bond acceptors (Lipinski definition) is 4. The highest BCUT2D eigenvalue weighted by molar-refractivity contribution is 9.10. The van der Waals surface area contributed by atoms with Gasteiger partial charge in [0.15, 0.2) is 5.78 Å². The van der Waals surface area contributed by atoms with Crippen molar-refractivity contribution in [3.63, 3.8) is 0 Å². The molecule has 0 amide bonds. The number of ether oxygens (including phenoxy) is 1. The van der Waals surface area contributed by atoms with Crippen LogP contribution in [0.15, 0.2) is 22.8 Å². The van der Waals surface area contributed by atoms with Gasteiger partial charge in [-0.3, -0.25) is 14.6 Å². The molecule has 0 aromatic carbocycles. The Morgan fingerprint density at radius 1 is 1.57 bits per heavy atom. The number of hydrogen-bond donors (Lipinski definition) is 0. The van der Waals surface area contributed by atoms with Crippen LogP contribution < -0.4 is 0 Å². The molecule has 0 unspecified atom stereocenters. The van der Waals surface area contributed by atoms with Crippen LogP contribution in [0, 0.1) is 0 Å². The predicted octanol–water partition coefficient (Wildman–Crippen LogP) is 1.59. The van der Waals surface area contributed by atoms with E-state index in [1.807, 2.05) is 0 Å². The van der Waals surface area contributed by atoms with Gasteiger partial charge in [0.2, 0.25) is 0 Å². The highest BCUT2D eigenvalue weighted by atomic mass is 79.9. The molecule has 0 spiro atoms. The molecule has 0 aliphatic heterocycles. The Kier molecular flexibility index (Phi) is 3.76. The molecule has 1 rings (SSSR count). The van der Waals surface area contributed by atoms with E-state index < -0.39 is 5.97 Å². The van der Waals surface area contributed by atoms with Crippen LogP contribution in [0.1, 0.15) is 16.9 Å². The first kappa shape index (κ1) is 10.8. The van der Waals surface area contributed by atoms with Gasteiger partial charge in [-0.15, -0.1) is 0 Å². The normalized spacial score (nSPS) is 9.57. The number of ketones is 1. The lowest BCUT2D eigenvalue weighted by molar-refractivity contribution is -0.139. The third kappa shape index (κ3) is 2.63. The van der Waals surface area contributed by atoms with Crippen LogP contribution in [0.2, 0.25) is 0 Å². The van der Waals surface area contributed by atoms with Gasteiger partial charge < -0.3 is 4.74 Å². The average molecular weight is 258 g/mol. The third-order valence-electron chi connectivity index (χ3n) is 1.56. The molecule has 1 aromatic rings. The van der Waals surface area contributed by atoms with Gasteiger partial charge in [0, 0.05) is 10.7 Å². The molecule has 0 saturated heterocycles. The van der Waals surface area contributed by atoms with E-state index in [-0.39, 0.29) is 17.9 Å². The Morgan fingerprint density at radius 2 is 2.29 bits per heavy atom. The van der Waals surface area contributed by atoms with Crippen LogP contribution in [0.25, 0.3) is 0 Å². The van der Waals surface area contributed by atoms with Crippen LogP contribution in [-0.4, -0.2) is 23.8 Å². The average Bonchev–Trinajstić information content (AvgIpc) is 2.18. The minimum atomic E-state index is -0.562. The summed E-state index contributed by atoms with van der Waals surface area (Å²) >= 11 is 3.17. The minimum Gasteiger partial charge on any atom is -0.469 e. The molecule has 0 aliphatic rings. The summed E-state index contributed by atoms with van der Waals surface area (Å²) in [6, 6.07) is 3.39. The largest absolute Gasteiger partial charge is 0.469 e. The van der Waals surface area contributed by atoms with Gasteiger partial charge in [-0.1, -0.05) is 0 Å². The Bertz CT molecular complexity index is 365. The molecule has 0 aliphatic carbocycles. The number of pyridine rings is 1. The van der Waals surface area contributed by atoms with Gasteiger partial charge in [-0.2, -0.15) is 0 Å². The molecule has 0 saturated carbocycles. The first-order chi connectivity index (χ1) is 6.65. The molecule has 4 nitrogen and oxygen atoms in total. The summed E-state index contributed by atoms with van der Waals surface area (Å²) in [7, 11) is 1.24. The fraction of sp³-hybridized carbons (Fsp3) is 0.222. The summed E-state index contributed by atoms with van der Waals surface area (Å²) in [4.78, 5) is 26.1. The lowest BCUT2D eigenvalue weighted by atomic mass is 10.2. The Morgan fingerprint density at radius 3 is 2.86 bits per heavy atom. The molecule has 0 bridgehead atoms. The quantitative estimate of drug-likeness (QED) is 0.469. The number of rotatable bonds is 3. The highest BCUT2D eigenvalue weighted by Gasteiger charge is 2.15. The number of Topliss-reactive ketones (excluding diaryl/α,β-unsaturated/α-hetero) is 1. The van der Waals surface area contributed by atoms with Crippen molar-refractivity contribution in [1.29, 1.82) is 0 Å². The van der Waals surface area contributed by atoms with Gasteiger partial charge in [-0.05, 0) is 28.1 Å². The smallest absolute Gasteiger partial charge is 0.313 e. The van der Waals surface area contributed by atoms with E-state index in [1.54, 1.807) is 12.1 Å². The van der Waals surface area contributed by atoms with Crippen LogP contribution in [0.5, 0.6) is 0 Å². The molecule has 0 radical (unpaired) electrons. The van der Waals surface area contributed by atoms with E-state index in [9.17, 15) is 9.59 Å². The van der Waals surface area contributed by atoms with Crippen molar-refractivity contribution in [3.8, 4) is 0 Å². The van der Waals surface area contributed by atoms with Crippen LogP contribution in [0.3, 0.4) is 0 Å². The summed E-state index contributed by atoms with van der Waals surface area (Å²) in [5.74, 6) is -0.920. The molecule has 0 fully saturated rings. The van der Waals surface area contributed by atoms with E-state index in [0.29, 0.717) is 4.47 Å². The van der Waals surface area contributed by atoms with Gasteiger partial charge in [0.1, 0.15) is 12.1 Å². The van der Waals surface area contributed by atoms with Crippen molar-refractivity contribution < 1.29 is 14.3 Å². The second kappa shape index (κ2) is 4.85. The molecule has 1 heterocycles. The Labute approximate surface area is 89.4 Å². The SMILES string of the molecule is COC(=O)CC(=O)c1ncccc1Br. The standard InChI is InChI=1S/C9H8BrNO3/c1-14-8(13)5-7(12)9-6(10)3-2-4-11-9/h2-4H,5H2,1H3. The lowest BCUT2D eigenvalue weighted by Crippen LogP contribution is -2.11. The minimum absolute atomic E-state index is 0.248. The van der Waals surface area contributed by atoms with Gasteiger partial charge in [-0.25, -0.2) is 0 Å². The zero-order valence-corrected chi connectivity index (χ0v) is 9.08. The van der Waals surface area contributed by atoms with E-state index in [2.05, 4.69) is 25.7 Å². The van der Waals surface area contributed by atoms with E-state index >= 15 is 0 Å². The van der Waals surface area contributed by atoms with E-state index in [0.717, 1.165) is 0 Å². The Hall–Kier alpha value is -1.23. The first-order valence-corrected chi connectivity index (χ1v) is 4.65. The van der Waals surface area contributed by atoms with Gasteiger partial charge >= 0.3 is 5.97 Å². The third-order valence-corrected chi connectivity index (χ3v) is 2.20. The fourth-order valence-electron chi connectivity index (χ4n) is 0.878. The summed E-state index contributed by atoms with van der Waals surface area (Å²) in [6.07, 6.45) is 1.21. The molecular formula is C9H8BrNO3. The van der Waals surface area contributed by atoms with Gasteiger partial charge in [0.25, 0.3) is 0 Å². The topological polar surface area (TPSA) is 56.3 Å². The van der Waals surface area contributed by atoms with Crippen molar-refractivity contribution in [2.24, 2.45) is 0 Å². The second-order valence-corrected chi connectivity index (χ2v) is 3.36.